The van der Waals surface area contributed by atoms with Crippen LogP contribution in [-0.2, 0) is 9.53 Å². The number of hydrogen-bond acceptors (Lipinski definition) is 4. The SMILES string of the molecule is COC(=O)C1CCCN(C(C)CCN)C1. The van der Waals surface area contributed by atoms with E-state index < -0.39 is 0 Å². The molecule has 0 saturated carbocycles. The summed E-state index contributed by atoms with van der Waals surface area (Å²) in [5, 5.41) is 0. The molecule has 1 saturated heterocycles. The molecule has 0 aliphatic carbocycles. The van der Waals surface area contributed by atoms with Gasteiger partial charge in [0.15, 0.2) is 0 Å². The first kappa shape index (κ1) is 12.5. The molecule has 0 aromatic heterocycles. The minimum atomic E-state index is -0.0698. The first-order valence-corrected chi connectivity index (χ1v) is 5.71. The Morgan fingerprint density at radius 3 is 3.00 bits per heavy atom. The third-order valence-corrected chi connectivity index (χ3v) is 3.20. The highest BCUT2D eigenvalue weighted by Gasteiger charge is 2.28. The first-order valence-electron chi connectivity index (χ1n) is 5.71. The van der Waals surface area contributed by atoms with Crippen LogP contribution in [0, 0.1) is 5.92 Å². The number of rotatable bonds is 4. The Labute approximate surface area is 91.8 Å². The summed E-state index contributed by atoms with van der Waals surface area (Å²) >= 11 is 0. The highest BCUT2D eigenvalue weighted by atomic mass is 16.5. The Morgan fingerprint density at radius 2 is 2.40 bits per heavy atom. The summed E-state index contributed by atoms with van der Waals surface area (Å²) < 4.78 is 4.79. The van der Waals surface area contributed by atoms with Gasteiger partial charge >= 0.3 is 5.97 Å². The minimum Gasteiger partial charge on any atom is -0.469 e. The molecule has 4 heteroatoms. The van der Waals surface area contributed by atoms with Crippen molar-refractivity contribution in [3.63, 3.8) is 0 Å². The van der Waals surface area contributed by atoms with Crippen LogP contribution in [0.2, 0.25) is 0 Å². The Hall–Kier alpha value is -0.610. The average molecular weight is 214 g/mol. The number of carbonyl (C=O) groups is 1. The van der Waals surface area contributed by atoms with Crippen molar-refractivity contribution in [3.8, 4) is 0 Å². The molecule has 0 aromatic carbocycles. The highest BCUT2D eigenvalue weighted by Crippen LogP contribution is 2.20. The van der Waals surface area contributed by atoms with Crippen molar-refractivity contribution < 1.29 is 9.53 Å². The van der Waals surface area contributed by atoms with Crippen LogP contribution in [0.25, 0.3) is 0 Å². The monoisotopic (exact) mass is 214 g/mol. The maximum Gasteiger partial charge on any atom is 0.309 e. The van der Waals surface area contributed by atoms with Crippen molar-refractivity contribution in [1.29, 1.82) is 0 Å². The molecule has 1 aliphatic rings. The van der Waals surface area contributed by atoms with Gasteiger partial charge in [0.1, 0.15) is 0 Å². The van der Waals surface area contributed by atoms with Gasteiger partial charge in [0.25, 0.3) is 0 Å². The van der Waals surface area contributed by atoms with Gasteiger partial charge in [-0.25, -0.2) is 0 Å². The lowest BCUT2D eigenvalue weighted by atomic mass is 9.96. The summed E-state index contributed by atoms with van der Waals surface area (Å²) in [4.78, 5) is 13.8. The van der Waals surface area contributed by atoms with E-state index in [0.717, 1.165) is 32.4 Å². The van der Waals surface area contributed by atoms with Gasteiger partial charge in [-0.2, -0.15) is 0 Å². The van der Waals surface area contributed by atoms with E-state index >= 15 is 0 Å². The lowest BCUT2D eigenvalue weighted by Gasteiger charge is -2.35. The molecular formula is C11H22N2O2. The zero-order valence-electron chi connectivity index (χ0n) is 9.74. The molecule has 0 amide bonds. The van der Waals surface area contributed by atoms with Gasteiger partial charge in [0.05, 0.1) is 13.0 Å². The lowest BCUT2D eigenvalue weighted by Crippen LogP contribution is -2.44. The maximum absolute atomic E-state index is 11.4. The van der Waals surface area contributed by atoms with E-state index in [1.54, 1.807) is 0 Å². The lowest BCUT2D eigenvalue weighted by molar-refractivity contribution is -0.147. The summed E-state index contributed by atoms with van der Waals surface area (Å²) in [6, 6.07) is 0.474. The molecule has 4 nitrogen and oxygen atoms in total. The van der Waals surface area contributed by atoms with E-state index in [4.69, 9.17) is 10.5 Å². The number of methoxy groups -OCH3 is 1. The molecule has 0 spiro atoms. The minimum absolute atomic E-state index is 0.0592. The molecule has 0 aromatic rings. The van der Waals surface area contributed by atoms with Crippen LogP contribution in [0.15, 0.2) is 0 Å². The van der Waals surface area contributed by atoms with Gasteiger partial charge in [-0.05, 0) is 39.3 Å². The Morgan fingerprint density at radius 1 is 1.67 bits per heavy atom. The molecule has 88 valence electrons. The average Bonchev–Trinajstić information content (AvgIpc) is 2.28. The third kappa shape index (κ3) is 3.47. The van der Waals surface area contributed by atoms with Gasteiger partial charge < -0.3 is 10.5 Å². The van der Waals surface area contributed by atoms with Crippen molar-refractivity contribution in [2.24, 2.45) is 11.7 Å². The zero-order valence-corrected chi connectivity index (χ0v) is 9.74. The molecule has 0 bridgehead atoms. The van der Waals surface area contributed by atoms with E-state index in [1.165, 1.54) is 7.11 Å². The molecule has 1 heterocycles. The van der Waals surface area contributed by atoms with Crippen LogP contribution in [-0.4, -0.2) is 43.7 Å². The topological polar surface area (TPSA) is 55.6 Å². The molecule has 0 radical (unpaired) electrons. The predicted octanol–water partition coefficient (Wildman–Crippen LogP) is 0.609. The molecule has 2 N–H and O–H groups in total. The van der Waals surface area contributed by atoms with Crippen molar-refractivity contribution in [1.82, 2.24) is 4.90 Å². The first-order chi connectivity index (χ1) is 7.19. The van der Waals surface area contributed by atoms with Crippen molar-refractivity contribution in [3.05, 3.63) is 0 Å². The highest BCUT2D eigenvalue weighted by molar-refractivity contribution is 5.72. The number of nitrogens with zero attached hydrogens (tertiary/aromatic N) is 1. The number of likely N-dealkylation sites (tertiary alicyclic amines) is 1. The Balaban J connectivity index is 2.44. The fourth-order valence-corrected chi connectivity index (χ4v) is 2.19. The van der Waals surface area contributed by atoms with Crippen LogP contribution in [0.4, 0.5) is 0 Å². The van der Waals surface area contributed by atoms with Gasteiger partial charge in [-0.3, -0.25) is 9.69 Å². The molecule has 1 aliphatic heterocycles. The standard InChI is InChI=1S/C11H22N2O2/c1-9(5-6-12)13-7-3-4-10(8-13)11(14)15-2/h9-10H,3-8,12H2,1-2H3. The van der Waals surface area contributed by atoms with Gasteiger partial charge in [-0.1, -0.05) is 0 Å². The van der Waals surface area contributed by atoms with Crippen LogP contribution in [0.5, 0.6) is 0 Å². The Kier molecular flexibility index (Phi) is 5.05. The zero-order chi connectivity index (χ0) is 11.3. The third-order valence-electron chi connectivity index (χ3n) is 3.20. The number of esters is 1. The quantitative estimate of drug-likeness (QED) is 0.697. The summed E-state index contributed by atoms with van der Waals surface area (Å²) in [6.45, 7) is 4.79. The summed E-state index contributed by atoms with van der Waals surface area (Å²) in [5.74, 6) is -0.0105. The van der Waals surface area contributed by atoms with Crippen LogP contribution < -0.4 is 5.73 Å². The molecule has 1 rings (SSSR count). The molecular weight excluding hydrogens is 192 g/mol. The largest absolute Gasteiger partial charge is 0.469 e. The van der Waals surface area contributed by atoms with Gasteiger partial charge in [0, 0.05) is 12.6 Å². The fourth-order valence-electron chi connectivity index (χ4n) is 2.19. The van der Waals surface area contributed by atoms with E-state index in [2.05, 4.69) is 11.8 Å². The van der Waals surface area contributed by atoms with Crippen molar-refractivity contribution >= 4 is 5.97 Å². The normalized spacial score (nSPS) is 24.9. The molecule has 2 unspecified atom stereocenters. The Bertz CT molecular complexity index is 209. The van der Waals surface area contributed by atoms with Crippen LogP contribution in [0.1, 0.15) is 26.2 Å². The molecule has 15 heavy (non-hydrogen) atoms. The molecule has 1 fully saturated rings. The fraction of sp³-hybridized carbons (Fsp3) is 0.909. The van der Waals surface area contributed by atoms with Gasteiger partial charge in [-0.15, -0.1) is 0 Å². The number of nitrogens with two attached hydrogens (primary N) is 1. The van der Waals surface area contributed by atoms with E-state index in [-0.39, 0.29) is 11.9 Å². The maximum atomic E-state index is 11.4. The van der Waals surface area contributed by atoms with Crippen molar-refractivity contribution in [2.45, 2.75) is 32.2 Å². The van der Waals surface area contributed by atoms with Gasteiger partial charge in [0.2, 0.25) is 0 Å². The summed E-state index contributed by atoms with van der Waals surface area (Å²) in [7, 11) is 1.46. The molecule has 2 atom stereocenters. The summed E-state index contributed by atoms with van der Waals surface area (Å²) in [6.07, 6.45) is 3.03. The van der Waals surface area contributed by atoms with E-state index in [9.17, 15) is 4.79 Å². The second-order valence-electron chi connectivity index (χ2n) is 4.28. The summed E-state index contributed by atoms with van der Waals surface area (Å²) in [5.41, 5.74) is 5.54. The van der Waals surface area contributed by atoms with Crippen LogP contribution in [0.3, 0.4) is 0 Å². The number of hydrogen-bond donors (Lipinski definition) is 1. The predicted molar refractivity (Wildman–Crippen MR) is 59.4 cm³/mol. The second kappa shape index (κ2) is 6.08. The van der Waals surface area contributed by atoms with Crippen molar-refractivity contribution in [2.75, 3.05) is 26.7 Å². The second-order valence-corrected chi connectivity index (χ2v) is 4.28. The van der Waals surface area contributed by atoms with E-state index in [1.807, 2.05) is 0 Å². The number of piperidine rings is 1. The smallest absolute Gasteiger partial charge is 0.309 e. The number of ether oxygens (including phenoxy) is 1. The van der Waals surface area contributed by atoms with E-state index in [0.29, 0.717) is 12.6 Å². The van der Waals surface area contributed by atoms with Crippen LogP contribution >= 0.6 is 0 Å². The number of carbonyl (C=O) groups excluding carboxylic acids is 1.